The summed E-state index contributed by atoms with van der Waals surface area (Å²) in [5.74, 6) is 1.09. The van der Waals surface area contributed by atoms with Crippen LogP contribution >= 0.6 is 0 Å². The molecular weight excluding hydrogens is 388 g/mol. The van der Waals surface area contributed by atoms with Crippen LogP contribution < -0.4 is 10.5 Å². The minimum atomic E-state index is -0.208. The molecule has 0 spiro atoms. The van der Waals surface area contributed by atoms with Gasteiger partial charge in [0.05, 0.1) is 19.4 Å². The van der Waals surface area contributed by atoms with E-state index in [-0.39, 0.29) is 18.4 Å². The van der Waals surface area contributed by atoms with Crippen LogP contribution in [-0.2, 0) is 19.9 Å². The molecule has 0 saturated carbocycles. The second-order valence-electron chi connectivity index (χ2n) is 7.18. The number of ether oxygens (including phenoxy) is 1. The molecule has 0 saturated heterocycles. The van der Waals surface area contributed by atoms with E-state index in [0.29, 0.717) is 12.8 Å². The monoisotopic (exact) mass is 432 g/mol. The van der Waals surface area contributed by atoms with E-state index in [2.05, 4.69) is 12.1 Å². The molecular formula is C26H44N2O3. The van der Waals surface area contributed by atoms with Crippen LogP contribution in [0.5, 0.6) is 5.75 Å². The molecule has 3 N–H and O–H groups in total. The van der Waals surface area contributed by atoms with E-state index in [1.165, 1.54) is 5.56 Å². The molecule has 0 amide bonds. The molecule has 31 heavy (non-hydrogen) atoms. The van der Waals surface area contributed by atoms with Gasteiger partial charge in [0.15, 0.2) is 5.78 Å². The third-order valence-electron chi connectivity index (χ3n) is 5.10. The Balaban J connectivity index is 0.00000212. The Bertz CT molecular complexity index is 753. The first-order valence-corrected chi connectivity index (χ1v) is 11.6. The number of aliphatic hydroxyl groups excluding tert-OH is 1. The van der Waals surface area contributed by atoms with Gasteiger partial charge >= 0.3 is 0 Å². The van der Waals surface area contributed by atoms with Crippen LogP contribution in [0.25, 0.3) is 0 Å². The van der Waals surface area contributed by atoms with Crippen LogP contribution in [0.3, 0.4) is 0 Å². The molecule has 0 aliphatic carbocycles. The fourth-order valence-corrected chi connectivity index (χ4v) is 3.35. The zero-order valence-corrected chi connectivity index (χ0v) is 20.7. The SMILES string of the molecule is CC.CC.COc1ccc(CCCCC(=O)c2ccc(CCC(N)CO)n2C)cc1C. The van der Waals surface area contributed by atoms with Gasteiger partial charge in [-0.1, -0.05) is 39.8 Å². The number of rotatable bonds is 11. The number of aromatic nitrogens is 1. The average Bonchev–Trinajstić information content (AvgIpc) is 3.18. The lowest BCUT2D eigenvalue weighted by Crippen LogP contribution is -2.25. The van der Waals surface area contributed by atoms with E-state index >= 15 is 0 Å². The molecule has 2 rings (SSSR count). The van der Waals surface area contributed by atoms with Gasteiger partial charge in [0.2, 0.25) is 0 Å². The lowest BCUT2D eigenvalue weighted by atomic mass is 10.0. The first-order chi connectivity index (χ1) is 15.0. The number of unbranched alkanes of at least 4 members (excludes halogenated alkanes) is 1. The number of carbonyl (C=O) groups excluding carboxylic acids is 1. The van der Waals surface area contributed by atoms with Crippen LogP contribution in [0.1, 0.15) is 80.7 Å². The molecule has 2 aromatic rings. The van der Waals surface area contributed by atoms with E-state index < -0.39 is 0 Å². The predicted molar refractivity (Wildman–Crippen MR) is 131 cm³/mol. The van der Waals surface area contributed by atoms with Crippen molar-refractivity contribution >= 4 is 5.78 Å². The molecule has 1 unspecified atom stereocenters. The molecule has 0 fully saturated rings. The minimum absolute atomic E-state index is 0.00999. The number of carbonyl (C=O) groups is 1. The van der Waals surface area contributed by atoms with Crippen LogP contribution in [-0.4, -0.2) is 35.2 Å². The summed E-state index contributed by atoms with van der Waals surface area (Å²) in [6.45, 7) is 10.0. The summed E-state index contributed by atoms with van der Waals surface area (Å²) < 4.78 is 7.25. The van der Waals surface area contributed by atoms with Crippen molar-refractivity contribution in [1.29, 1.82) is 0 Å². The van der Waals surface area contributed by atoms with Crippen molar-refractivity contribution in [2.75, 3.05) is 13.7 Å². The smallest absolute Gasteiger partial charge is 0.179 e. The molecule has 0 aliphatic heterocycles. The van der Waals surface area contributed by atoms with Gasteiger partial charge in [0.25, 0.3) is 0 Å². The molecule has 1 atom stereocenters. The van der Waals surface area contributed by atoms with Gasteiger partial charge in [-0.25, -0.2) is 0 Å². The molecule has 1 heterocycles. The van der Waals surface area contributed by atoms with Crippen LogP contribution in [0, 0.1) is 6.92 Å². The van der Waals surface area contributed by atoms with Crippen molar-refractivity contribution in [2.24, 2.45) is 12.8 Å². The lowest BCUT2D eigenvalue weighted by Gasteiger charge is -2.10. The quantitative estimate of drug-likeness (QED) is 0.376. The second-order valence-corrected chi connectivity index (χ2v) is 7.18. The summed E-state index contributed by atoms with van der Waals surface area (Å²) in [7, 11) is 3.61. The Morgan fingerprint density at radius 2 is 1.77 bits per heavy atom. The Kier molecular flexibility index (Phi) is 15.4. The molecule has 5 heteroatoms. The lowest BCUT2D eigenvalue weighted by molar-refractivity contribution is 0.0971. The number of ketones is 1. The number of hydrogen-bond acceptors (Lipinski definition) is 4. The highest BCUT2D eigenvalue weighted by molar-refractivity contribution is 5.94. The van der Waals surface area contributed by atoms with Crippen LogP contribution in [0.2, 0.25) is 0 Å². The molecule has 0 bridgehead atoms. The van der Waals surface area contributed by atoms with E-state index in [1.807, 2.05) is 64.4 Å². The van der Waals surface area contributed by atoms with Gasteiger partial charge in [-0.15, -0.1) is 0 Å². The Hall–Kier alpha value is -2.11. The summed E-state index contributed by atoms with van der Waals surface area (Å²) in [6, 6.07) is 9.92. The number of hydrogen-bond donors (Lipinski definition) is 2. The number of benzene rings is 1. The van der Waals surface area contributed by atoms with Gasteiger partial charge in [-0.3, -0.25) is 4.79 Å². The Morgan fingerprint density at radius 1 is 1.10 bits per heavy atom. The number of aliphatic hydroxyl groups is 1. The first kappa shape index (κ1) is 28.9. The maximum absolute atomic E-state index is 12.5. The number of aryl methyl sites for hydroxylation is 3. The molecule has 0 radical (unpaired) electrons. The highest BCUT2D eigenvalue weighted by Gasteiger charge is 2.13. The highest BCUT2D eigenvalue weighted by Crippen LogP contribution is 2.20. The predicted octanol–water partition coefficient (Wildman–Crippen LogP) is 5.24. The van der Waals surface area contributed by atoms with E-state index in [1.54, 1.807) is 7.11 Å². The third kappa shape index (κ3) is 9.70. The molecule has 5 nitrogen and oxygen atoms in total. The van der Waals surface area contributed by atoms with E-state index in [9.17, 15) is 4.79 Å². The highest BCUT2D eigenvalue weighted by atomic mass is 16.5. The second kappa shape index (κ2) is 16.6. The van der Waals surface area contributed by atoms with Crippen molar-refractivity contribution in [3.63, 3.8) is 0 Å². The maximum atomic E-state index is 12.5. The van der Waals surface area contributed by atoms with E-state index in [0.717, 1.165) is 48.4 Å². The summed E-state index contributed by atoms with van der Waals surface area (Å²) >= 11 is 0. The molecule has 1 aromatic carbocycles. The van der Waals surface area contributed by atoms with Gasteiger partial charge in [0, 0.05) is 25.2 Å². The number of Topliss-reactive ketones (excluding diaryl/α,β-unsaturated/α-hetero) is 1. The summed E-state index contributed by atoms with van der Waals surface area (Å²) in [6.07, 6.45) is 4.86. The number of methoxy groups -OCH3 is 1. The summed E-state index contributed by atoms with van der Waals surface area (Å²) in [5.41, 5.74) is 10.0. The molecule has 1 aromatic heterocycles. The number of nitrogens with two attached hydrogens (primary N) is 1. The van der Waals surface area contributed by atoms with Gasteiger partial charge in [-0.05, 0) is 68.4 Å². The van der Waals surface area contributed by atoms with Crippen molar-refractivity contribution < 1.29 is 14.6 Å². The normalized spacial score (nSPS) is 11.0. The van der Waals surface area contributed by atoms with Gasteiger partial charge in [0.1, 0.15) is 5.75 Å². The van der Waals surface area contributed by atoms with E-state index in [4.69, 9.17) is 15.6 Å². The fraction of sp³-hybridized carbons (Fsp3) is 0.577. The third-order valence-corrected chi connectivity index (χ3v) is 5.10. The maximum Gasteiger partial charge on any atom is 0.179 e. The zero-order chi connectivity index (χ0) is 23.8. The van der Waals surface area contributed by atoms with Crippen molar-refractivity contribution in [3.05, 3.63) is 52.8 Å². The van der Waals surface area contributed by atoms with Crippen molar-refractivity contribution in [2.45, 2.75) is 79.2 Å². The fourth-order valence-electron chi connectivity index (χ4n) is 3.35. The summed E-state index contributed by atoms with van der Waals surface area (Å²) in [4.78, 5) is 12.5. The number of nitrogens with zero attached hydrogens (tertiary/aromatic N) is 1. The molecule has 176 valence electrons. The Morgan fingerprint density at radius 3 is 2.35 bits per heavy atom. The van der Waals surface area contributed by atoms with Crippen molar-refractivity contribution in [1.82, 2.24) is 4.57 Å². The largest absolute Gasteiger partial charge is 0.496 e. The summed E-state index contributed by atoms with van der Waals surface area (Å²) in [5, 5.41) is 9.03. The standard InChI is InChI=1S/C22H32N2O3.2C2H6/c1-16-14-17(8-13-22(16)27-3)6-4-5-7-21(26)20-12-11-19(24(20)2)10-9-18(23)15-25;2*1-2/h8,11-14,18,25H,4-7,9-10,15,23H2,1-3H3;2*1-2H3. The topological polar surface area (TPSA) is 77.5 Å². The average molecular weight is 433 g/mol. The first-order valence-electron chi connectivity index (χ1n) is 11.6. The van der Waals surface area contributed by atoms with Gasteiger partial charge in [-0.2, -0.15) is 0 Å². The minimum Gasteiger partial charge on any atom is -0.496 e. The van der Waals surface area contributed by atoms with Crippen LogP contribution in [0.15, 0.2) is 30.3 Å². The van der Waals surface area contributed by atoms with Crippen molar-refractivity contribution in [3.8, 4) is 5.75 Å². The van der Waals surface area contributed by atoms with Crippen LogP contribution in [0.4, 0.5) is 0 Å². The Labute approximate surface area is 189 Å². The molecule has 0 aliphatic rings. The van der Waals surface area contributed by atoms with Gasteiger partial charge < -0.3 is 20.1 Å². The zero-order valence-electron chi connectivity index (χ0n) is 20.7.